The van der Waals surface area contributed by atoms with Crippen molar-refractivity contribution in [1.82, 2.24) is 0 Å². The van der Waals surface area contributed by atoms with Crippen molar-refractivity contribution in [1.29, 1.82) is 0 Å². The number of nitrogens with one attached hydrogen (secondary N) is 1. The predicted molar refractivity (Wildman–Crippen MR) is 119 cm³/mol. The molecule has 3 rings (SSSR count). The van der Waals surface area contributed by atoms with E-state index in [1.54, 1.807) is 18.2 Å². The molecule has 0 bridgehead atoms. The van der Waals surface area contributed by atoms with E-state index >= 15 is 0 Å². The molecule has 0 amide bonds. The first-order valence-electron chi connectivity index (χ1n) is 9.05. The van der Waals surface area contributed by atoms with Crippen LogP contribution < -0.4 is 10.2 Å². The average molecular weight is 547 g/mol. The summed E-state index contributed by atoms with van der Waals surface area (Å²) in [5.74, 6) is -0.0266. The van der Waals surface area contributed by atoms with Crippen LogP contribution >= 0.6 is 27.5 Å². The van der Waals surface area contributed by atoms with Gasteiger partial charge in [0, 0.05) is 6.07 Å². The van der Waals surface area contributed by atoms with Crippen molar-refractivity contribution in [2.45, 2.75) is 12.8 Å². The highest BCUT2D eigenvalue weighted by Crippen LogP contribution is 2.36. The molecule has 0 atom stereocenters. The van der Waals surface area contributed by atoms with E-state index in [0.29, 0.717) is 27.9 Å². The molecule has 172 valence electrons. The summed E-state index contributed by atoms with van der Waals surface area (Å²) in [5.41, 5.74) is 1.44. The molecule has 0 saturated carbocycles. The van der Waals surface area contributed by atoms with Crippen molar-refractivity contribution < 1.29 is 27.2 Å². The van der Waals surface area contributed by atoms with Crippen molar-refractivity contribution in [3.63, 3.8) is 0 Å². The monoisotopic (exact) mass is 545 g/mol. The van der Waals surface area contributed by atoms with Crippen LogP contribution in [0.3, 0.4) is 0 Å². The number of benzene rings is 3. The Hall–Kier alpha value is -3.18. The number of rotatable bonds is 7. The van der Waals surface area contributed by atoms with Crippen LogP contribution in [0.25, 0.3) is 0 Å². The van der Waals surface area contributed by atoms with Gasteiger partial charge in [-0.15, -0.1) is 0 Å². The molecule has 0 unspecified atom stereocenters. The first kappa shape index (κ1) is 24.5. The number of nitro groups is 1. The maximum atomic E-state index is 13.0. The van der Waals surface area contributed by atoms with E-state index < -0.39 is 22.4 Å². The Morgan fingerprint density at radius 3 is 2.45 bits per heavy atom. The van der Waals surface area contributed by atoms with Crippen LogP contribution in [0.1, 0.15) is 16.7 Å². The number of ether oxygens (including phenoxy) is 1. The Morgan fingerprint density at radius 1 is 1.15 bits per heavy atom. The minimum atomic E-state index is -4.71. The summed E-state index contributed by atoms with van der Waals surface area (Å²) in [6, 6.07) is 11.0. The van der Waals surface area contributed by atoms with Crippen LogP contribution in [0.5, 0.6) is 5.75 Å². The zero-order valence-electron chi connectivity index (χ0n) is 16.4. The number of hydrazone groups is 1. The normalized spacial score (nSPS) is 11.6. The SMILES string of the molecule is O=[N+]([O-])c1cc(C(F)(F)F)ccc1N/N=C\c1cc(Cl)c(OCc2ccc(F)cc2)c(Br)c1. The molecular weight excluding hydrogens is 534 g/mol. The molecule has 33 heavy (non-hydrogen) atoms. The molecule has 0 spiro atoms. The molecule has 0 aliphatic rings. The van der Waals surface area contributed by atoms with E-state index in [0.717, 1.165) is 11.6 Å². The van der Waals surface area contributed by atoms with Crippen molar-refractivity contribution in [2.24, 2.45) is 5.10 Å². The van der Waals surface area contributed by atoms with Crippen LogP contribution in [0, 0.1) is 15.9 Å². The molecule has 0 aliphatic carbocycles. The number of anilines is 1. The van der Waals surface area contributed by atoms with Crippen LogP contribution in [0.4, 0.5) is 28.9 Å². The van der Waals surface area contributed by atoms with Crippen LogP contribution in [-0.4, -0.2) is 11.1 Å². The second kappa shape index (κ2) is 10.2. The maximum Gasteiger partial charge on any atom is 0.416 e. The summed E-state index contributed by atoms with van der Waals surface area (Å²) in [6.45, 7) is 0.144. The Bertz CT molecular complexity index is 1180. The minimum Gasteiger partial charge on any atom is -0.486 e. The lowest BCUT2D eigenvalue weighted by molar-refractivity contribution is -0.384. The van der Waals surface area contributed by atoms with Crippen LogP contribution in [-0.2, 0) is 12.8 Å². The Kier molecular flexibility index (Phi) is 7.54. The van der Waals surface area contributed by atoms with Gasteiger partial charge in [-0.25, -0.2) is 4.39 Å². The molecule has 1 N–H and O–H groups in total. The third-order valence-electron chi connectivity index (χ3n) is 4.24. The van der Waals surface area contributed by atoms with E-state index in [-0.39, 0.29) is 23.1 Å². The standard InChI is InChI=1S/C21H13BrClF4N3O3/c22-16-7-13(8-17(23)20(16)33-11-12-1-4-15(24)5-2-12)10-28-29-18-6-3-14(21(25,26)27)9-19(18)30(31)32/h1-10,29H,11H2/b28-10-. The number of nitro benzene ring substituents is 1. The topological polar surface area (TPSA) is 76.8 Å². The molecule has 6 nitrogen and oxygen atoms in total. The molecule has 3 aromatic carbocycles. The zero-order valence-corrected chi connectivity index (χ0v) is 18.7. The van der Waals surface area contributed by atoms with Gasteiger partial charge in [-0.1, -0.05) is 23.7 Å². The fraction of sp³-hybridized carbons (Fsp3) is 0.0952. The molecule has 0 fully saturated rings. The second-order valence-corrected chi connectivity index (χ2v) is 7.85. The van der Waals surface area contributed by atoms with Gasteiger partial charge >= 0.3 is 6.18 Å². The molecule has 0 radical (unpaired) electrons. The summed E-state index contributed by atoms with van der Waals surface area (Å²) < 4.78 is 57.5. The van der Waals surface area contributed by atoms with Gasteiger partial charge in [0.25, 0.3) is 5.69 Å². The van der Waals surface area contributed by atoms with Crippen molar-refractivity contribution in [3.8, 4) is 5.75 Å². The van der Waals surface area contributed by atoms with Crippen molar-refractivity contribution in [3.05, 3.63) is 96.7 Å². The molecule has 0 aliphatic heterocycles. The number of alkyl halides is 3. The number of nitrogens with zero attached hydrogens (tertiary/aromatic N) is 2. The Morgan fingerprint density at radius 2 is 1.85 bits per heavy atom. The Balaban J connectivity index is 1.73. The zero-order chi connectivity index (χ0) is 24.2. The van der Waals surface area contributed by atoms with Gasteiger partial charge in [0.05, 0.1) is 26.2 Å². The largest absolute Gasteiger partial charge is 0.486 e. The van der Waals surface area contributed by atoms with Crippen molar-refractivity contribution in [2.75, 3.05) is 5.43 Å². The van der Waals surface area contributed by atoms with Crippen molar-refractivity contribution >= 4 is 45.1 Å². The Labute approximate surface area is 198 Å². The lowest BCUT2D eigenvalue weighted by Crippen LogP contribution is -2.06. The highest BCUT2D eigenvalue weighted by atomic mass is 79.9. The van der Waals surface area contributed by atoms with E-state index in [1.165, 1.54) is 24.4 Å². The molecule has 0 aromatic heterocycles. The van der Waals surface area contributed by atoms with Gasteiger partial charge in [0.15, 0.2) is 5.75 Å². The maximum absolute atomic E-state index is 13.0. The fourth-order valence-electron chi connectivity index (χ4n) is 2.66. The van der Waals surface area contributed by atoms with Gasteiger partial charge in [0.2, 0.25) is 0 Å². The second-order valence-electron chi connectivity index (χ2n) is 6.59. The van der Waals surface area contributed by atoms with Gasteiger partial charge in [-0.2, -0.15) is 18.3 Å². The quantitative estimate of drug-likeness (QED) is 0.147. The number of halogens is 6. The van der Waals surface area contributed by atoms with E-state index in [2.05, 4.69) is 26.5 Å². The minimum absolute atomic E-state index is 0.144. The molecule has 0 heterocycles. The third-order valence-corrected chi connectivity index (χ3v) is 5.11. The van der Waals surface area contributed by atoms with Gasteiger partial charge in [0.1, 0.15) is 18.1 Å². The highest BCUT2D eigenvalue weighted by Gasteiger charge is 2.33. The van der Waals surface area contributed by atoms with E-state index in [9.17, 15) is 27.7 Å². The summed E-state index contributed by atoms with van der Waals surface area (Å²) in [5, 5.41) is 15.2. The summed E-state index contributed by atoms with van der Waals surface area (Å²) >= 11 is 9.59. The molecule has 3 aromatic rings. The average Bonchev–Trinajstić information content (AvgIpc) is 2.73. The van der Waals surface area contributed by atoms with Crippen LogP contribution in [0.2, 0.25) is 5.02 Å². The summed E-state index contributed by atoms with van der Waals surface area (Å²) in [6.07, 6.45) is -3.43. The lowest BCUT2D eigenvalue weighted by Gasteiger charge is -2.11. The smallest absolute Gasteiger partial charge is 0.416 e. The number of hydrogen-bond donors (Lipinski definition) is 1. The molecule has 12 heteroatoms. The lowest BCUT2D eigenvalue weighted by atomic mass is 10.1. The summed E-state index contributed by atoms with van der Waals surface area (Å²) in [7, 11) is 0. The first-order chi connectivity index (χ1) is 15.5. The van der Waals surface area contributed by atoms with Gasteiger partial charge in [-0.3, -0.25) is 15.5 Å². The van der Waals surface area contributed by atoms with E-state index in [4.69, 9.17) is 16.3 Å². The van der Waals surface area contributed by atoms with E-state index in [1.807, 2.05) is 0 Å². The third kappa shape index (κ3) is 6.42. The van der Waals surface area contributed by atoms with Crippen LogP contribution in [0.15, 0.2) is 64.2 Å². The number of hydrogen-bond acceptors (Lipinski definition) is 5. The predicted octanol–water partition coefficient (Wildman–Crippen LogP) is 7.19. The van der Waals surface area contributed by atoms with Gasteiger partial charge in [-0.05, 0) is 63.5 Å². The van der Waals surface area contributed by atoms with Gasteiger partial charge < -0.3 is 4.74 Å². The molecular formula is C21H13BrClF4N3O3. The highest BCUT2D eigenvalue weighted by molar-refractivity contribution is 9.10. The molecule has 0 saturated heterocycles. The first-order valence-corrected chi connectivity index (χ1v) is 10.2. The summed E-state index contributed by atoms with van der Waals surface area (Å²) in [4.78, 5) is 10.2. The fourth-order valence-corrected chi connectivity index (χ4v) is 3.65.